The van der Waals surface area contributed by atoms with Crippen molar-refractivity contribution in [3.63, 3.8) is 0 Å². The molecule has 18 heavy (non-hydrogen) atoms. The Morgan fingerprint density at radius 1 is 1.44 bits per heavy atom. The van der Waals surface area contributed by atoms with Crippen LogP contribution in [0.25, 0.3) is 0 Å². The van der Waals surface area contributed by atoms with Gasteiger partial charge in [-0.05, 0) is 53.2 Å². The van der Waals surface area contributed by atoms with Crippen LogP contribution in [0, 0.1) is 5.82 Å². The normalized spacial score (nSPS) is 14.7. The van der Waals surface area contributed by atoms with Crippen LogP contribution in [0.1, 0.15) is 29.2 Å². The molecule has 0 bridgehead atoms. The van der Waals surface area contributed by atoms with E-state index in [-0.39, 0.29) is 0 Å². The number of hydrogen-bond acceptors (Lipinski definition) is 5. The van der Waals surface area contributed by atoms with Gasteiger partial charge in [0.2, 0.25) is 5.16 Å². The Balaban J connectivity index is 1.91. The third-order valence-corrected chi connectivity index (χ3v) is 3.70. The maximum Gasteiger partial charge on any atom is 0.214 e. The van der Waals surface area contributed by atoms with Crippen molar-refractivity contribution in [3.8, 4) is 0 Å². The monoisotopic (exact) mass is 264 g/mol. The highest BCUT2D eigenvalue weighted by molar-refractivity contribution is 7.99. The zero-order chi connectivity index (χ0) is 12.5. The van der Waals surface area contributed by atoms with Crippen LogP contribution < -0.4 is 0 Å². The summed E-state index contributed by atoms with van der Waals surface area (Å²) in [6.45, 7) is 0. The highest BCUT2D eigenvalue weighted by Crippen LogP contribution is 2.38. The average Bonchev–Trinajstić information content (AvgIpc) is 3.12. The lowest BCUT2D eigenvalue weighted by Gasteiger charge is -2.04. The fourth-order valence-electron chi connectivity index (χ4n) is 1.60. The fraction of sp³-hybridized carbons (Fsp3) is 0.273. The first-order valence-corrected chi connectivity index (χ1v) is 6.30. The molecule has 0 aliphatic heterocycles. The van der Waals surface area contributed by atoms with E-state index in [1.165, 1.54) is 23.9 Å². The second kappa shape index (κ2) is 4.49. The second-order valence-corrected chi connectivity index (χ2v) is 5.05. The zero-order valence-electron chi connectivity index (χ0n) is 9.28. The van der Waals surface area contributed by atoms with Crippen molar-refractivity contribution in [1.82, 2.24) is 20.2 Å². The molecule has 0 radical (unpaired) electrons. The van der Waals surface area contributed by atoms with E-state index >= 15 is 0 Å². The summed E-state index contributed by atoms with van der Waals surface area (Å²) in [5.41, 5.74) is 0.311. The van der Waals surface area contributed by atoms with Crippen LogP contribution in [-0.4, -0.2) is 26.5 Å². The minimum absolute atomic E-state index is 0.311. The smallest absolute Gasteiger partial charge is 0.214 e. The zero-order valence-corrected chi connectivity index (χ0v) is 10.1. The number of hydrogen-bond donors (Lipinski definition) is 0. The third kappa shape index (κ3) is 2.13. The number of nitrogens with zero attached hydrogens (tertiary/aromatic N) is 4. The van der Waals surface area contributed by atoms with E-state index in [4.69, 9.17) is 0 Å². The fourth-order valence-corrected chi connectivity index (χ4v) is 2.52. The van der Waals surface area contributed by atoms with Gasteiger partial charge in [0.05, 0.1) is 6.04 Å². The molecule has 1 aliphatic rings. The topological polar surface area (TPSA) is 60.7 Å². The van der Waals surface area contributed by atoms with Crippen molar-refractivity contribution >= 4 is 18.0 Å². The summed E-state index contributed by atoms with van der Waals surface area (Å²) in [7, 11) is 0. The third-order valence-electron chi connectivity index (χ3n) is 2.66. The lowest BCUT2D eigenvalue weighted by Crippen LogP contribution is -1.99. The number of carbonyl (C=O) groups excluding carboxylic acids is 1. The maximum absolute atomic E-state index is 13.0. The van der Waals surface area contributed by atoms with Crippen molar-refractivity contribution in [2.24, 2.45) is 0 Å². The van der Waals surface area contributed by atoms with Crippen LogP contribution in [-0.2, 0) is 0 Å². The molecule has 0 saturated heterocycles. The van der Waals surface area contributed by atoms with E-state index in [0.717, 1.165) is 12.8 Å². The van der Waals surface area contributed by atoms with Gasteiger partial charge in [-0.15, -0.1) is 5.10 Å². The SMILES string of the molecule is O=Cc1cc(F)ccc1Sc1nnnn1C1CC1. The lowest BCUT2D eigenvalue weighted by molar-refractivity contribution is 0.112. The molecule has 1 fully saturated rings. The van der Waals surface area contributed by atoms with Gasteiger partial charge in [-0.1, -0.05) is 0 Å². The van der Waals surface area contributed by atoms with Crippen molar-refractivity contribution in [2.45, 2.75) is 28.9 Å². The molecule has 1 heterocycles. The molecule has 0 spiro atoms. The number of carbonyl (C=O) groups is 1. The molecule has 2 aromatic rings. The Morgan fingerprint density at radius 3 is 3.00 bits per heavy atom. The van der Waals surface area contributed by atoms with Gasteiger partial charge in [-0.2, -0.15) is 0 Å². The molecule has 5 nitrogen and oxygen atoms in total. The van der Waals surface area contributed by atoms with E-state index in [2.05, 4.69) is 15.5 Å². The van der Waals surface area contributed by atoms with Crippen molar-refractivity contribution in [2.75, 3.05) is 0 Å². The van der Waals surface area contributed by atoms with E-state index in [9.17, 15) is 9.18 Å². The molecule has 7 heteroatoms. The van der Waals surface area contributed by atoms with Gasteiger partial charge in [0.15, 0.2) is 6.29 Å². The summed E-state index contributed by atoms with van der Waals surface area (Å²) in [5, 5.41) is 12.1. The Bertz CT molecular complexity index is 596. The summed E-state index contributed by atoms with van der Waals surface area (Å²) in [6, 6.07) is 4.46. The molecule has 0 amide bonds. The number of halogens is 1. The lowest BCUT2D eigenvalue weighted by atomic mass is 10.2. The van der Waals surface area contributed by atoms with Crippen molar-refractivity contribution in [1.29, 1.82) is 0 Å². The molecule has 3 rings (SSSR count). The van der Waals surface area contributed by atoms with Crippen molar-refractivity contribution < 1.29 is 9.18 Å². The van der Waals surface area contributed by atoms with Gasteiger partial charge in [0, 0.05) is 10.5 Å². The van der Waals surface area contributed by atoms with E-state index in [1.54, 1.807) is 10.7 Å². The van der Waals surface area contributed by atoms with Crippen LogP contribution >= 0.6 is 11.8 Å². The van der Waals surface area contributed by atoms with Crippen LogP contribution in [0.4, 0.5) is 4.39 Å². The number of aldehydes is 1. The highest BCUT2D eigenvalue weighted by atomic mass is 32.2. The van der Waals surface area contributed by atoms with Crippen LogP contribution in [0.3, 0.4) is 0 Å². The molecule has 0 atom stereocenters. The first kappa shape index (κ1) is 11.3. The molecule has 1 saturated carbocycles. The molecule has 0 N–H and O–H groups in total. The molecule has 1 aromatic carbocycles. The number of tetrazole rings is 1. The van der Waals surface area contributed by atoms with Crippen LogP contribution in [0.15, 0.2) is 28.3 Å². The van der Waals surface area contributed by atoms with E-state index < -0.39 is 5.82 Å². The van der Waals surface area contributed by atoms with Gasteiger partial charge < -0.3 is 0 Å². The Morgan fingerprint density at radius 2 is 2.28 bits per heavy atom. The minimum Gasteiger partial charge on any atom is -0.298 e. The molecular weight excluding hydrogens is 255 g/mol. The van der Waals surface area contributed by atoms with Gasteiger partial charge in [-0.25, -0.2) is 9.07 Å². The van der Waals surface area contributed by atoms with E-state index in [0.29, 0.717) is 27.9 Å². The summed E-state index contributed by atoms with van der Waals surface area (Å²) in [6.07, 6.45) is 2.78. The molecule has 92 valence electrons. The molecule has 1 aliphatic carbocycles. The summed E-state index contributed by atoms with van der Waals surface area (Å²) >= 11 is 1.28. The first-order chi connectivity index (χ1) is 8.78. The molecular formula is C11H9FN4OS. The van der Waals surface area contributed by atoms with Crippen molar-refractivity contribution in [3.05, 3.63) is 29.6 Å². The van der Waals surface area contributed by atoms with Gasteiger partial charge in [0.25, 0.3) is 0 Å². The standard InChI is InChI=1S/C11H9FN4OS/c12-8-1-4-10(7(5-8)6-17)18-11-13-14-15-16(11)9-2-3-9/h1,4-6,9H,2-3H2. The van der Waals surface area contributed by atoms with Crippen LogP contribution in [0.2, 0.25) is 0 Å². The summed E-state index contributed by atoms with van der Waals surface area (Å²) < 4.78 is 14.8. The van der Waals surface area contributed by atoms with Crippen LogP contribution in [0.5, 0.6) is 0 Å². The summed E-state index contributed by atoms with van der Waals surface area (Å²) in [4.78, 5) is 11.6. The molecule has 1 aromatic heterocycles. The first-order valence-electron chi connectivity index (χ1n) is 5.48. The van der Waals surface area contributed by atoms with E-state index in [1.807, 2.05) is 0 Å². The predicted molar refractivity (Wildman–Crippen MR) is 62.0 cm³/mol. The number of rotatable bonds is 4. The maximum atomic E-state index is 13.0. The minimum atomic E-state index is -0.428. The quantitative estimate of drug-likeness (QED) is 0.791. The Hall–Kier alpha value is -1.76. The summed E-state index contributed by atoms with van der Waals surface area (Å²) in [5.74, 6) is -0.428. The molecule has 0 unspecified atom stereocenters. The second-order valence-electron chi connectivity index (χ2n) is 4.04. The largest absolute Gasteiger partial charge is 0.298 e. The predicted octanol–water partition coefficient (Wildman–Crippen LogP) is 2.11. The number of aromatic nitrogens is 4. The number of benzene rings is 1. The average molecular weight is 264 g/mol. The van der Waals surface area contributed by atoms with Gasteiger partial charge >= 0.3 is 0 Å². The Kier molecular flexibility index (Phi) is 2.83. The van der Waals surface area contributed by atoms with Gasteiger partial charge in [-0.3, -0.25) is 4.79 Å². The van der Waals surface area contributed by atoms with Gasteiger partial charge in [0.1, 0.15) is 5.82 Å². The highest BCUT2D eigenvalue weighted by Gasteiger charge is 2.28. The Labute approximate surface area is 106 Å².